The van der Waals surface area contributed by atoms with Gasteiger partial charge in [-0.25, -0.2) is 14.9 Å². The summed E-state index contributed by atoms with van der Waals surface area (Å²) in [5, 5.41) is 14.5. The normalized spacial score (nSPS) is 24.1. The van der Waals surface area contributed by atoms with Crippen molar-refractivity contribution < 1.29 is 19.4 Å². The average Bonchev–Trinajstić information content (AvgIpc) is 2.69. The molecule has 2 rings (SSSR count). The first-order chi connectivity index (χ1) is 8.47. The smallest absolute Gasteiger partial charge is 0.356 e. The molecule has 0 aromatic carbocycles. The quantitative estimate of drug-likeness (QED) is 0.583. The second-order valence-electron chi connectivity index (χ2n) is 4.28. The summed E-state index contributed by atoms with van der Waals surface area (Å²) in [6, 6.07) is 0.0484. The second-order valence-corrected chi connectivity index (χ2v) is 5.25. The number of hydrogen-bond acceptors (Lipinski definition) is 4. The summed E-state index contributed by atoms with van der Waals surface area (Å²) in [5.74, 6) is -0.607. The second kappa shape index (κ2) is 5.09. The summed E-state index contributed by atoms with van der Waals surface area (Å²) in [7, 11) is -2.73. The van der Waals surface area contributed by atoms with Crippen LogP contribution in [0.4, 0.5) is 5.95 Å². The Hall–Kier alpha value is -1.37. The Balaban J connectivity index is 2.23. The van der Waals surface area contributed by atoms with E-state index >= 15 is 0 Å². The fraction of sp³-hybridized carbons (Fsp3) is 0.556. The average molecular weight is 274 g/mol. The molecular formula is C9H15N4O4P. The zero-order chi connectivity index (χ0) is 13.3. The van der Waals surface area contributed by atoms with Gasteiger partial charge < -0.3 is 19.9 Å². The van der Waals surface area contributed by atoms with Gasteiger partial charge in [0.05, 0.1) is 6.04 Å². The molecule has 0 saturated carbocycles. The number of anilines is 1. The molecule has 0 fully saturated rings. The van der Waals surface area contributed by atoms with Gasteiger partial charge in [-0.2, -0.15) is 0 Å². The van der Waals surface area contributed by atoms with Crippen molar-refractivity contribution in [3.05, 3.63) is 11.9 Å². The van der Waals surface area contributed by atoms with Crippen LogP contribution in [0.15, 0.2) is 6.20 Å². The molecule has 0 saturated heterocycles. The molecule has 1 aromatic heterocycles. The molecule has 18 heavy (non-hydrogen) atoms. The SMILES string of the molecule is CC1CC(CN[PH](=O)O)n2cc(C(=O)O)nc2N1. The topological polar surface area (TPSA) is 116 Å². The van der Waals surface area contributed by atoms with Gasteiger partial charge in [0.2, 0.25) is 5.95 Å². The van der Waals surface area contributed by atoms with Crippen molar-refractivity contribution in [2.24, 2.45) is 0 Å². The van der Waals surface area contributed by atoms with Crippen molar-refractivity contribution in [2.75, 3.05) is 11.9 Å². The number of imidazole rings is 1. The van der Waals surface area contributed by atoms with Crippen LogP contribution in [0.3, 0.4) is 0 Å². The Morgan fingerprint density at radius 2 is 2.50 bits per heavy atom. The van der Waals surface area contributed by atoms with Crippen LogP contribution >= 0.6 is 8.18 Å². The minimum Gasteiger partial charge on any atom is -0.476 e. The third kappa shape index (κ3) is 2.72. The Morgan fingerprint density at radius 1 is 1.78 bits per heavy atom. The summed E-state index contributed by atoms with van der Waals surface area (Å²) >= 11 is 0. The molecule has 1 aliphatic rings. The maximum atomic E-state index is 10.9. The van der Waals surface area contributed by atoms with Crippen LogP contribution in [-0.4, -0.2) is 38.1 Å². The number of hydrogen-bond donors (Lipinski definition) is 4. The number of nitrogens with zero attached hydrogens (tertiary/aromatic N) is 2. The van der Waals surface area contributed by atoms with Gasteiger partial charge in [-0.05, 0) is 13.3 Å². The van der Waals surface area contributed by atoms with Gasteiger partial charge in [0.1, 0.15) is 0 Å². The van der Waals surface area contributed by atoms with Crippen molar-refractivity contribution in [3.63, 3.8) is 0 Å². The van der Waals surface area contributed by atoms with E-state index in [1.54, 1.807) is 4.57 Å². The molecule has 0 aliphatic carbocycles. The van der Waals surface area contributed by atoms with Crippen LogP contribution in [0.1, 0.15) is 29.9 Å². The molecule has 0 spiro atoms. The van der Waals surface area contributed by atoms with Gasteiger partial charge >= 0.3 is 5.97 Å². The molecule has 9 heteroatoms. The molecule has 0 radical (unpaired) electrons. The maximum Gasteiger partial charge on any atom is 0.356 e. The number of fused-ring (bicyclic) bond motifs is 1. The lowest BCUT2D eigenvalue weighted by molar-refractivity contribution is 0.0691. The zero-order valence-corrected chi connectivity index (χ0v) is 10.8. The first-order valence-electron chi connectivity index (χ1n) is 5.53. The first kappa shape index (κ1) is 13.1. The lowest BCUT2D eigenvalue weighted by Crippen LogP contribution is -2.33. The molecule has 0 amide bonds. The lowest BCUT2D eigenvalue weighted by Gasteiger charge is -2.30. The van der Waals surface area contributed by atoms with E-state index in [-0.39, 0.29) is 17.8 Å². The Labute approximate surface area is 104 Å². The number of carbonyl (C=O) groups is 1. The Bertz CT molecular complexity index is 489. The van der Waals surface area contributed by atoms with Crippen LogP contribution in [0.2, 0.25) is 0 Å². The van der Waals surface area contributed by atoms with Crippen molar-refractivity contribution in [1.82, 2.24) is 14.6 Å². The lowest BCUT2D eigenvalue weighted by atomic mass is 10.1. The van der Waals surface area contributed by atoms with Gasteiger partial charge in [-0.1, -0.05) is 0 Å². The van der Waals surface area contributed by atoms with Crippen LogP contribution in [0.25, 0.3) is 0 Å². The molecule has 1 aromatic rings. The number of aromatic nitrogens is 2. The highest BCUT2D eigenvalue weighted by Gasteiger charge is 2.26. The molecule has 3 unspecified atom stereocenters. The van der Waals surface area contributed by atoms with Crippen LogP contribution < -0.4 is 10.4 Å². The van der Waals surface area contributed by atoms with E-state index < -0.39 is 14.1 Å². The molecular weight excluding hydrogens is 259 g/mol. The van der Waals surface area contributed by atoms with Crippen LogP contribution in [0, 0.1) is 0 Å². The predicted molar refractivity (Wildman–Crippen MR) is 65.1 cm³/mol. The molecule has 1 aliphatic heterocycles. The van der Waals surface area contributed by atoms with Crippen molar-refractivity contribution in [1.29, 1.82) is 0 Å². The summed E-state index contributed by atoms with van der Waals surface area (Å²) in [6.07, 6.45) is 2.17. The summed E-state index contributed by atoms with van der Waals surface area (Å²) in [4.78, 5) is 23.6. The third-order valence-electron chi connectivity index (χ3n) is 2.83. The van der Waals surface area contributed by atoms with E-state index in [1.807, 2.05) is 6.92 Å². The standard InChI is InChI=1S/C9H15N4O4P/c1-5-2-6(3-10-18(16)17)13-4-7(8(14)15)12-9(13)11-5/h4-6,18H,2-3H2,1H3,(H,11,12)(H,14,15)(H2,10,16,17). The minimum atomic E-state index is -2.73. The molecule has 2 heterocycles. The summed E-state index contributed by atoms with van der Waals surface area (Å²) in [5.41, 5.74) is -0.0340. The molecule has 4 N–H and O–H groups in total. The summed E-state index contributed by atoms with van der Waals surface area (Å²) < 4.78 is 12.4. The van der Waals surface area contributed by atoms with E-state index in [1.165, 1.54) is 6.20 Å². The Morgan fingerprint density at radius 3 is 3.11 bits per heavy atom. The molecule has 3 atom stereocenters. The van der Waals surface area contributed by atoms with E-state index in [9.17, 15) is 9.36 Å². The maximum absolute atomic E-state index is 10.9. The minimum absolute atomic E-state index is 0.0340. The largest absolute Gasteiger partial charge is 0.476 e. The van der Waals surface area contributed by atoms with Gasteiger partial charge in [0, 0.05) is 18.8 Å². The predicted octanol–water partition coefficient (Wildman–Crippen LogP) is 0.298. The molecule has 8 nitrogen and oxygen atoms in total. The number of rotatable bonds is 4. The zero-order valence-electron chi connectivity index (χ0n) is 9.75. The summed E-state index contributed by atoms with van der Waals surface area (Å²) in [6.45, 7) is 2.26. The van der Waals surface area contributed by atoms with Crippen molar-refractivity contribution in [2.45, 2.75) is 25.4 Å². The van der Waals surface area contributed by atoms with E-state index in [0.29, 0.717) is 12.5 Å². The van der Waals surface area contributed by atoms with E-state index in [0.717, 1.165) is 6.42 Å². The van der Waals surface area contributed by atoms with E-state index in [2.05, 4.69) is 15.4 Å². The van der Waals surface area contributed by atoms with E-state index in [4.69, 9.17) is 10.00 Å². The van der Waals surface area contributed by atoms with Gasteiger partial charge in [0.15, 0.2) is 5.69 Å². The third-order valence-corrected chi connectivity index (χ3v) is 3.34. The molecule has 0 bridgehead atoms. The highest BCUT2D eigenvalue weighted by Crippen LogP contribution is 2.27. The van der Waals surface area contributed by atoms with Crippen molar-refractivity contribution >= 4 is 20.1 Å². The highest BCUT2D eigenvalue weighted by molar-refractivity contribution is 7.35. The van der Waals surface area contributed by atoms with Gasteiger partial charge in [-0.3, -0.25) is 4.57 Å². The van der Waals surface area contributed by atoms with Gasteiger partial charge in [0.25, 0.3) is 8.18 Å². The number of nitrogens with one attached hydrogen (secondary N) is 2. The van der Waals surface area contributed by atoms with Gasteiger partial charge in [-0.15, -0.1) is 0 Å². The van der Waals surface area contributed by atoms with Crippen molar-refractivity contribution in [3.8, 4) is 0 Å². The fourth-order valence-corrected chi connectivity index (χ4v) is 2.48. The Kier molecular flexibility index (Phi) is 3.70. The number of carboxylic acids is 1. The highest BCUT2D eigenvalue weighted by atomic mass is 31.1. The van der Waals surface area contributed by atoms with Crippen LogP contribution in [-0.2, 0) is 4.57 Å². The first-order valence-corrected chi connectivity index (χ1v) is 6.88. The fourth-order valence-electron chi connectivity index (χ4n) is 2.07. The number of aromatic carboxylic acids is 1. The number of carboxylic acid groups (broad SMARTS) is 1. The van der Waals surface area contributed by atoms with Crippen LogP contribution in [0.5, 0.6) is 0 Å². The monoisotopic (exact) mass is 274 g/mol. The molecule has 100 valence electrons.